The highest BCUT2D eigenvalue weighted by atomic mass is 35.5. The van der Waals surface area contributed by atoms with Gasteiger partial charge in [0.2, 0.25) is 0 Å². The number of pyridine rings is 1. The van der Waals surface area contributed by atoms with Crippen molar-refractivity contribution in [1.82, 2.24) is 14.8 Å². The Labute approximate surface area is 136 Å². The number of carbonyl (C=O) groups is 1. The van der Waals surface area contributed by atoms with E-state index in [4.69, 9.17) is 11.6 Å². The lowest BCUT2D eigenvalue weighted by Crippen LogP contribution is -2.42. The number of carbonyl (C=O) groups excluding carboxylic acids is 1. The molecule has 122 valence electrons. The van der Waals surface area contributed by atoms with Gasteiger partial charge in [-0.1, -0.05) is 11.6 Å². The number of hydrogen-bond acceptors (Lipinski definition) is 4. The molecular formula is C15H23ClN4O2. The first-order chi connectivity index (χ1) is 10.4. The monoisotopic (exact) mass is 326 g/mol. The van der Waals surface area contributed by atoms with Gasteiger partial charge in [-0.25, -0.2) is 9.78 Å². The molecule has 2 heterocycles. The number of anilines is 1. The van der Waals surface area contributed by atoms with Crippen LogP contribution >= 0.6 is 11.6 Å². The lowest BCUT2D eigenvalue weighted by atomic mass is 9.94. The van der Waals surface area contributed by atoms with Gasteiger partial charge in [0.05, 0.1) is 17.5 Å². The zero-order valence-corrected chi connectivity index (χ0v) is 13.8. The third kappa shape index (κ3) is 4.83. The van der Waals surface area contributed by atoms with E-state index in [9.17, 15) is 9.90 Å². The molecule has 1 aromatic heterocycles. The number of hydrogen-bond donors (Lipinski definition) is 2. The molecule has 1 fully saturated rings. The maximum absolute atomic E-state index is 12.3. The SMILES string of the molecule is CN(C)C[C@]1(O)CCCN(C(=O)Nc2ccc(Cl)nc2)CC1. The lowest BCUT2D eigenvalue weighted by Gasteiger charge is -2.29. The van der Waals surface area contributed by atoms with Gasteiger partial charge in [0.15, 0.2) is 0 Å². The Hall–Kier alpha value is -1.37. The van der Waals surface area contributed by atoms with Crippen molar-refractivity contribution < 1.29 is 9.90 Å². The second-order valence-corrected chi connectivity index (χ2v) is 6.49. The van der Waals surface area contributed by atoms with Crippen LogP contribution in [-0.2, 0) is 0 Å². The van der Waals surface area contributed by atoms with Crippen LogP contribution in [0.25, 0.3) is 0 Å². The minimum atomic E-state index is -0.722. The minimum absolute atomic E-state index is 0.168. The van der Waals surface area contributed by atoms with Gasteiger partial charge < -0.3 is 20.2 Å². The Morgan fingerprint density at radius 1 is 1.45 bits per heavy atom. The summed E-state index contributed by atoms with van der Waals surface area (Å²) in [4.78, 5) is 20.0. The molecular weight excluding hydrogens is 304 g/mol. The predicted molar refractivity (Wildman–Crippen MR) is 87.2 cm³/mol. The summed E-state index contributed by atoms with van der Waals surface area (Å²) in [5.74, 6) is 0. The Morgan fingerprint density at radius 2 is 2.23 bits per heavy atom. The lowest BCUT2D eigenvalue weighted by molar-refractivity contribution is 0.00361. The summed E-state index contributed by atoms with van der Waals surface area (Å²) in [7, 11) is 3.89. The number of aromatic nitrogens is 1. The fraction of sp³-hybridized carbons (Fsp3) is 0.600. The van der Waals surface area contributed by atoms with Crippen molar-refractivity contribution in [2.45, 2.75) is 24.9 Å². The summed E-state index contributed by atoms with van der Waals surface area (Å²) in [5, 5.41) is 13.8. The number of aliphatic hydroxyl groups is 1. The normalized spacial score (nSPS) is 22.5. The molecule has 0 saturated carbocycles. The summed E-state index contributed by atoms with van der Waals surface area (Å²) in [6, 6.07) is 3.18. The molecule has 0 bridgehead atoms. The van der Waals surface area contributed by atoms with E-state index in [1.165, 1.54) is 6.20 Å². The van der Waals surface area contributed by atoms with Gasteiger partial charge in [0.25, 0.3) is 0 Å². The molecule has 0 aromatic carbocycles. The van der Waals surface area contributed by atoms with Crippen LogP contribution in [0.5, 0.6) is 0 Å². The average Bonchev–Trinajstić information content (AvgIpc) is 2.62. The number of amides is 2. The smallest absolute Gasteiger partial charge is 0.321 e. The molecule has 0 spiro atoms. The van der Waals surface area contributed by atoms with E-state index in [0.29, 0.717) is 43.3 Å². The van der Waals surface area contributed by atoms with Gasteiger partial charge in [-0.3, -0.25) is 0 Å². The molecule has 0 radical (unpaired) electrons. The van der Waals surface area contributed by atoms with Crippen LogP contribution in [0.2, 0.25) is 5.15 Å². The van der Waals surface area contributed by atoms with Gasteiger partial charge in [-0.15, -0.1) is 0 Å². The summed E-state index contributed by atoms with van der Waals surface area (Å²) in [6.45, 7) is 1.79. The van der Waals surface area contributed by atoms with Crippen molar-refractivity contribution in [2.75, 3.05) is 39.0 Å². The van der Waals surface area contributed by atoms with Crippen molar-refractivity contribution in [3.05, 3.63) is 23.5 Å². The van der Waals surface area contributed by atoms with Gasteiger partial charge in [0, 0.05) is 19.6 Å². The number of rotatable bonds is 3. The molecule has 1 aromatic rings. The quantitative estimate of drug-likeness (QED) is 0.834. The highest BCUT2D eigenvalue weighted by Crippen LogP contribution is 2.23. The molecule has 1 aliphatic heterocycles. The van der Waals surface area contributed by atoms with Crippen LogP contribution in [0.4, 0.5) is 10.5 Å². The number of halogens is 1. The van der Waals surface area contributed by atoms with Gasteiger partial charge in [0.1, 0.15) is 5.15 Å². The zero-order valence-electron chi connectivity index (χ0n) is 13.0. The van der Waals surface area contributed by atoms with Crippen molar-refractivity contribution in [2.24, 2.45) is 0 Å². The maximum atomic E-state index is 12.3. The highest BCUT2D eigenvalue weighted by Gasteiger charge is 2.31. The minimum Gasteiger partial charge on any atom is -0.388 e. The first kappa shape index (κ1) is 17.0. The molecule has 1 atom stereocenters. The summed E-state index contributed by atoms with van der Waals surface area (Å²) >= 11 is 5.73. The molecule has 1 saturated heterocycles. The molecule has 6 nitrogen and oxygen atoms in total. The van der Waals surface area contributed by atoms with E-state index >= 15 is 0 Å². The number of urea groups is 1. The summed E-state index contributed by atoms with van der Waals surface area (Å²) < 4.78 is 0. The molecule has 2 amide bonds. The second-order valence-electron chi connectivity index (χ2n) is 6.10. The number of likely N-dealkylation sites (tertiary alicyclic amines) is 1. The fourth-order valence-electron chi connectivity index (χ4n) is 2.78. The summed E-state index contributed by atoms with van der Waals surface area (Å²) in [5.41, 5.74) is -0.109. The van der Waals surface area contributed by atoms with Gasteiger partial charge in [-0.2, -0.15) is 0 Å². The van der Waals surface area contributed by atoms with E-state index in [0.717, 1.165) is 6.42 Å². The molecule has 0 unspecified atom stereocenters. The third-order valence-electron chi connectivity index (χ3n) is 3.79. The Balaban J connectivity index is 1.92. The van der Waals surface area contributed by atoms with Crippen LogP contribution in [0.3, 0.4) is 0 Å². The van der Waals surface area contributed by atoms with E-state index in [1.54, 1.807) is 17.0 Å². The highest BCUT2D eigenvalue weighted by molar-refractivity contribution is 6.29. The second kappa shape index (κ2) is 7.26. The topological polar surface area (TPSA) is 68.7 Å². The average molecular weight is 327 g/mol. The molecule has 2 rings (SSSR count). The Morgan fingerprint density at radius 3 is 2.86 bits per heavy atom. The molecule has 7 heteroatoms. The van der Waals surface area contributed by atoms with Crippen molar-refractivity contribution in [3.8, 4) is 0 Å². The molecule has 1 aliphatic rings. The summed E-state index contributed by atoms with van der Waals surface area (Å²) in [6.07, 6.45) is 3.60. The molecule has 0 aliphatic carbocycles. The van der Waals surface area contributed by atoms with E-state index in [-0.39, 0.29) is 6.03 Å². The Kier molecular flexibility index (Phi) is 5.61. The first-order valence-electron chi connectivity index (χ1n) is 7.43. The van der Waals surface area contributed by atoms with Crippen LogP contribution in [0, 0.1) is 0 Å². The fourth-order valence-corrected chi connectivity index (χ4v) is 2.89. The van der Waals surface area contributed by atoms with Crippen LogP contribution in [-0.4, -0.2) is 65.3 Å². The van der Waals surface area contributed by atoms with Crippen LogP contribution in [0.15, 0.2) is 18.3 Å². The first-order valence-corrected chi connectivity index (χ1v) is 7.80. The van der Waals surface area contributed by atoms with E-state index in [1.807, 2.05) is 19.0 Å². The molecule has 2 N–H and O–H groups in total. The molecule has 22 heavy (non-hydrogen) atoms. The standard InChI is InChI=1S/C15H23ClN4O2/c1-19(2)11-15(22)6-3-8-20(9-7-15)14(21)18-12-4-5-13(16)17-10-12/h4-5,10,22H,3,6-9,11H2,1-2H3,(H,18,21)/t15-/m0/s1. The van der Waals surface area contributed by atoms with Gasteiger partial charge in [-0.05, 0) is 45.5 Å². The zero-order chi connectivity index (χ0) is 16.2. The predicted octanol–water partition coefficient (Wildman–Crippen LogP) is 2.05. The van der Waals surface area contributed by atoms with Crippen molar-refractivity contribution in [3.63, 3.8) is 0 Å². The van der Waals surface area contributed by atoms with E-state index in [2.05, 4.69) is 10.3 Å². The maximum Gasteiger partial charge on any atom is 0.321 e. The van der Waals surface area contributed by atoms with Crippen LogP contribution in [0.1, 0.15) is 19.3 Å². The number of nitrogens with zero attached hydrogens (tertiary/aromatic N) is 3. The Bertz CT molecular complexity index is 509. The van der Waals surface area contributed by atoms with Crippen molar-refractivity contribution in [1.29, 1.82) is 0 Å². The number of likely N-dealkylation sites (N-methyl/N-ethyl adjacent to an activating group) is 1. The third-order valence-corrected chi connectivity index (χ3v) is 4.02. The largest absolute Gasteiger partial charge is 0.388 e. The van der Waals surface area contributed by atoms with E-state index < -0.39 is 5.60 Å². The number of nitrogens with one attached hydrogen (secondary N) is 1. The van der Waals surface area contributed by atoms with Gasteiger partial charge >= 0.3 is 6.03 Å². The van der Waals surface area contributed by atoms with Crippen molar-refractivity contribution >= 4 is 23.3 Å². The van der Waals surface area contributed by atoms with Crippen LogP contribution < -0.4 is 5.32 Å².